The molecule has 0 bridgehead atoms. The number of nitrogens with two attached hydrogens (primary N) is 1. The Morgan fingerprint density at radius 1 is 0.968 bits per heavy atom. The Morgan fingerprint density at radius 2 is 1.71 bits per heavy atom. The maximum absolute atomic E-state index is 13.0. The molecule has 2 N–H and O–H groups in total. The number of carbonyl (C=O) groups excluding carboxylic acids is 1. The van der Waals surface area contributed by atoms with Crippen molar-refractivity contribution in [1.29, 1.82) is 0 Å². The first-order valence-corrected chi connectivity index (χ1v) is 11.8. The van der Waals surface area contributed by atoms with Gasteiger partial charge in [-0.3, -0.25) is 4.98 Å². The van der Waals surface area contributed by atoms with Gasteiger partial charge in [0.05, 0.1) is 16.0 Å². The van der Waals surface area contributed by atoms with Crippen molar-refractivity contribution in [2.45, 2.75) is 37.0 Å². The summed E-state index contributed by atoms with van der Waals surface area (Å²) in [7, 11) is -3.74. The van der Waals surface area contributed by atoms with Gasteiger partial charge in [-0.1, -0.05) is 24.6 Å². The molecule has 3 aromatic rings. The van der Waals surface area contributed by atoms with Gasteiger partial charge < -0.3 is 9.47 Å². The summed E-state index contributed by atoms with van der Waals surface area (Å²) in [6.07, 6.45) is 4.93. The summed E-state index contributed by atoms with van der Waals surface area (Å²) in [4.78, 5) is 17.8. The molecule has 4 rings (SSSR count). The molecular formula is C23H24N2O5S. The average molecular weight is 441 g/mol. The number of sulfonamides is 1. The quantitative estimate of drug-likeness (QED) is 0.358. The first-order chi connectivity index (χ1) is 14.9. The van der Waals surface area contributed by atoms with Gasteiger partial charge in [0, 0.05) is 11.1 Å². The van der Waals surface area contributed by atoms with Gasteiger partial charge in [-0.05, 0) is 61.6 Å². The van der Waals surface area contributed by atoms with E-state index in [0.29, 0.717) is 11.3 Å². The van der Waals surface area contributed by atoms with E-state index in [4.69, 9.17) is 19.6 Å². The van der Waals surface area contributed by atoms with Crippen LogP contribution in [0.15, 0.2) is 53.4 Å². The van der Waals surface area contributed by atoms with E-state index in [1.807, 2.05) is 24.3 Å². The highest BCUT2D eigenvalue weighted by molar-refractivity contribution is 7.89. The van der Waals surface area contributed by atoms with Crippen LogP contribution < -0.4 is 9.88 Å². The molecule has 0 saturated carbocycles. The van der Waals surface area contributed by atoms with E-state index in [2.05, 4.69) is 0 Å². The minimum absolute atomic E-state index is 0.0107. The monoisotopic (exact) mass is 440 g/mol. The lowest BCUT2D eigenvalue weighted by Gasteiger charge is -2.15. The smallest absolute Gasteiger partial charge is 0.339 e. The highest BCUT2D eigenvalue weighted by Gasteiger charge is 2.22. The molecule has 7 nitrogen and oxygen atoms in total. The van der Waals surface area contributed by atoms with E-state index in [1.54, 1.807) is 0 Å². The van der Waals surface area contributed by atoms with E-state index in [-0.39, 0.29) is 24.1 Å². The zero-order chi connectivity index (χ0) is 21.8. The molecule has 0 aliphatic heterocycles. The number of rotatable bonds is 6. The third-order valence-electron chi connectivity index (χ3n) is 5.36. The maximum Gasteiger partial charge on any atom is 0.339 e. The number of primary sulfonamides is 1. The Balaban J connectivity index is 1.46. The molecule has 1 heterocycles. The topological polar surface area (TPSA) is 109 Å². The van der Waals surface area contributed by atoms with E-state index >= 15 is 0 Å². The minimum Gasteiger partial charge on any atom is -0.490 e. The number of esters is 1. The Morgan fingerprint density at radius 3 is 2.48 bits per heavy atom. The summed E-state index contributed by atoms with van der Waals surface area (Å²) in [5.74, 6) is 0.0941. The van der Waals surface area contributed by atoms with Gasteiger partial charge in [0.15, 0.2) is 0 Å². The molecule has 0 unspecified atom stereocenters. The Bertz CT molecular complexity index is 1210. The maximum atomic E-state index is 13.0. The number of carbonyl (C=O) groups is 1. The summed E-state index contributed by atoms with van der Waals surface area (Å²) in [5, 5.41) is 5.90. The van der Waals surface area contributed by atoms with Crippen LogP contribution >= 0.6 is 0 Å². The Hall–Kier alpha value is -2.97. The molecule has 0 amide bonds. The van der Waals surface area contributed by atoms with Gasteiger partial charge in [-0.2, -0.15) is 0 Å². The summed E-state index contributed by atoms with van der Waals surface area (Å²) in [5.41, 5.74) is 3.41. The second-order valence-corrected chi connectivity index (χ2v) is 9.05. The molecule has 1 aromatic heterocycles. The predicted octanol–water partition coefficient (Wildman–Crippen LogP) is 3.39. The average Bonchev–Trinajstić information content (AvgIpc) is 2.99. The molecule has 1 aliphatic carbocycles. The number of aromatic nitrogens is 1. The first-order valence-electron chi connectivity index (χ1n) is 10.3. The van der Waals surface area contributed by atoms with Crippen LogP contribution in [0.1, 0.15) is 40.9 Å². The zero-order valence-corrected chi connectivity index (χ0v) is 17.9. The fourth-order valence-corrected chi connectivity index (χ4v) is 4.39. The van der Waals surface area contributed by atoms with Crippen LogP contribution in [0.25, 0.3) is 10.9 Å². The number of aryl methyl sites for hydroxylation is 1. The van der Waals surface area contributed by atoms with E-state index in [0.717, 1.165) is 54.3 Å². The number of fused-ring (bicyclic) bond motifs is 2. The fourth-order valence-electron chi connectivity index (χ4n) is 3.87. The molecule has 1 aliphatic rings. The number of hydrogen-bond donors (Lipinski definition) is 1. The van der Waals surface area contributed by atoms with Crippen LogP contribution in [0.4, 0.5) is 0 Å². The molecule has 2 aromatic carbocycles. The van der Waals surface area contributed by atoms with Crippen LogP contribution in [0, 0.1) is 0 Å². The van der Waals surface area contributed by atoms with Gasteiger partial charge in [-0.25, -0.2) is 18.4 Å². The molecule has 8 heteroatoms. The van der Waals surface area contributed by atoms with Crippen LogP contribution in [-0.4, -0.2) is 32.6 Å². The van der Waals surface area contributed by atoms with Crippen molar-refractivity contribution >= 4 is 26.9 Å². The molecule has 0 fully saturated rings. The molecule has 162 valence electrons. The third-order valence-corrected chi connectivity index (χ3v) is 6.29. The minimum atomic E-state index is -3.74. The highest BCUT2D eigenvalue weighted by Crippen LogP contribution is 2.29. The van der Waals surface area contributed by atoms with Crippen molar-refractivity contribution in [3.63, 3.8) is 0 Å². The van der Waals surface area contributed by atoms with Gasteiger partial charge in [-0.15, -0.1) is 0 Å². The Kier molecular flexibility index (Phi) is 6.20. The lowest BCUT2D eigenvalue weighted by molar-refractivity contribution is 0.0451. The summed E-state index contributed by atoms with van der Waals surface area (Å²) in [6.45, 7) is 0.215. The number of ether oxygens (including phenoxy) is 2. The normalized spacial score (nSPS) is 14.0. The van der Waals surface area contributed by atoms with Crippen LogP contribution in [0.2, 0.25) is 0 Å². The van der Waals surface area contributed by atoms with Gasteiger partial charge in [0.1, 0.15) is 19.0 Å². The number of pyridine rings is 1. The van der Waals surface area contributed by atoms with E-state index in [1.165, 1.54) is 24.3 Å². The second-order valence-electron chi connectivity index (χ2n) is 7.49. The van der Waals surface area contributed by atoms with Gasteiger partial charge in [0.25, 0.3) is 0 Å². The van der Waals surface area contributed by atoms with Crippen molar-refractivity contribution in [2.75, 3.05) is 13.2 Å². The van der Waals surface area contributed by atoms with Crippen molar-refractivity contribution < 1.29 is 22.7 Å². The highest BCUT2D eigenvalue weighted by atomic mass is 32.2. The standard InChI is InChI=1S/C23H24N2O5S/c24-31(27,28)17-12-10-16(11-13-17)29-14-15-30-23(26)22-18-6-2-1-3-8-20(18)25-21-9-5-4-7-19(21)22/h4-5,7,9-13H,1-3,6,8,14-15H2,(H2,24,27,28). The third kappa shape index (κ3) is 4.86. The molecule has 0 radical (unpaired) electrons. The van der Waals surface area contributed by atoms with Crippen molar-refractivity contribution in [2.24, 2.45) is 5.14 Å². The van der Waals surface area contributed by atoms with Gasteiger partial charge in [0.2, 0.25) is 10.0 Å². The summed E-state index contributed by atoms with van der Waals surface area (Å²) in [6, 6.07) is 13.4. The van der Waals surface area contributed by atoms with E-state index in [9.17, 15) is 13.2 Å². The number of para-hydroxylation sites is 1. The lowest BCUT2D eigenvalue weighted by atomic mass is 9.97. The molecular weight excluding hydrogens is 416 g/mol. The molecule has 0 saturated heterocycles. The molecule has 0 atom stereocenters. The largest absolute Gasteiger partial charge is 0.490 e. The van der Waals surface area contributed by atoms with Crippen LogP contribution in [0.3, 0.4) is 0 Å². The number of hydrogen-bond acceptors (Lipinski definition) is 6. The summed E-state index contributed by atoms with van der Waals surface area (Å²) >= 11 is 0. The lowest BCUT2D eigenvalue weighted by Crippen LogP contribution is -2.16. The van der Waals surface area contributed by atoms with Gasteiger partial charge >= 0.3 is 5.97 Å². The SMILES string of the molecule is NS(=O)(=O)c1ccc(OCCOC(=O)c2c3c(nc4ccccc24)CCCCC3)cc1. The fraction of sp³-hybridized carbons (Fsp3) is 0.304. The van der Waals surface area contributed by atoms with E-state index < -0.39 is 10.0 Å². The number of benzene rings is 2. The van der Waals surface area contributed by atoms with Crippen molar-refractivity contribution in [1.82, 2.24) is 4.98 Å². The summed E-state index contributed by atoms with van der Waals surface area (Å²) < 4.78 is 33.7. The van der Waals surface area contributed by atoms with Crippen molar-refractivity contribution in [3.8, 4) is 5.75 Å². The number of nitrogens with zero attached hydrogens (tertiary/aromatic N) is 1. The van der Waals surface area contributed by atoms with Crippen LogP contribution in [0.5, 0.6) is 5.75 Å². The first kappa shape index (κ1) is 21.3. The molecule has 0 spiro atoms. The molecule has 31 heavy (non-hydrogen) atoms. The Labute approximate surface area is 181 Å². The van der Waals surface area contributed by atoms with Crippen molar-refractivity contribution in [3.05, 3.63) is 65.4 Å². The predicted molar refractivity (Wildman–Crippen MR) is 117 cm³/mol. The zero-order valence-electron chi connectivity index (χ0n) is 17.0. The van der Waals surface area contributed by atoms with Crippen LogP contribution in [-0.2, 0) is 27.6 Å². The second kappa shape index (κ2) is 9.03.